The van der Waals surface area contributed by atoms with Crippen molar-refractivity contribution in [3.63, 3.8) is 0 Å². The highest BCUT2D eigenvalue weighted by Crippen LogP contribution is 2.19. The van der Waals surface area contributed by atoms with Crippen LogP contribution in [-0.4, -0.2) is 31.2 Å². The lowest BCUT2D eigenvalue weighted by molar-refractivity contribution is 0.467. The molecule has 0 spiro atoms. The molecule has 1 aromatic rings. The normalized spacial score (nSPS) is 22.6. The number of nitrogens with zero attached hydrogens (tertiary/aromatic N) is 2. The fourth-order valence-corrected chi connectivity index (χ4v) is 2.30. The Morgan fingerprint density at radius 3 is 3.19 bits per heavy atom. The molecule has 1 fully saturated rings. The average Bonchev–Trinajstić information content (AvgIpc) is 2.24. The third-order valence-corrected chi connectivity index (χ3v) is 3.13. The molecule has 3 heteroatoms. The summed E-state index contributed by atoms with van der Waals surface area (Å²) in [4.78, 5) is 6.86. The van der Waals surface area contributed by atoms with Gasteiger partial charge in [0.2, 0.25) is 0 Å². The van der Waals surface area contributed by atoms with Crippen LogP contribution in [0.1, 0.15) is 19.0 Å². The van der Waals surface area contributed by atoms with Crippen LogP contribution in [0.4, 0.5) is 5.69 Å². The summed E-state index contributed by atoms with van der Waals surface area (Å²) in [7, 11) is 0. The summed E-state index contributed by atoms with van der Waals surface area (Å²) in [6.07, 6.45) is 3.08. The van der Waals surface area contributed by atoms with Crippen molar-refractivity contribution in [2.45, 2.75) is 20.3 Å². The first-order valence-corrected chi connectivity index (χ1v) is 6.14. The number of nitrogens with one attached hydrogen (secondary N) is 1. The molecular formula is C13H21N3. The van der Waals surface area contributed by atoms with Crippen molar-refractivity contribution < 1.29 is 0 Å². The van der Waals surface area contributed by atoms with Gasteiger partial charge in [-0.3, -0.25) is 4.98 Å². The van der Waals surface area contributed by atoms with Crippen molar-refractivity contribution >= 4 is 5.69 Å². The van der Waals surface area contributed by atoms with Crippen molar-refractivity contribution in [2.24, 2.45) is 5.92 Å². The van der Waals surface area contributed by atoms with Gasteiger partial charge < -0.3 is 10.2 Å². The van der Waals surface area contributed by atoms with Crippen molar-refractivity contribution in [3.8, 4) is 0 Å². The molecule has 3 nitrogen and oxygen atoms in total. The Bertz CT molecular complexity index is 338. The van der Waals surface area contributed by atoms with Crippen LogP contribution in [0.25, 0.3) is 0 Å². The second kappa shape index (κ2) is 5.30. The van der Waals surface area contributed by atoms with Crippen LogP contribution in [0.15, 0.2) is 18.3 Å². The predicted molar refractivity (Wildman–Crippen MR) is 67.8 cm³/mol. The van der Waals surface area contributed by atoms with Crippen molar-refractivity contribution in [1.82, 2.24) is 10.3 Å². The van der Waals surface area contributed by atoms with Gasteiger partial charge in [-0.25, -0.2) is 0 Å². The van der Waals surface area contributed by atoms with Crippen molar-refractivity contribution in [3.05, 3.63) is 24.0 Å². The average molecular weight is 219 g/mol. The van der Waals surface area contributed by atoms with Crippen molar-refractivity contribution in [1.29, 1.82) is 0 Å². The number of anilines is 1. The second-order valence-electron chi connectivity index (χ2n) is 4.72. The van der Waals surface area contributed by atoms with Gasteiger partial charge in [0.15, 0.2) is 0 Å². The molecule has 16 heavy (non-hydrogen) atoms. The lowest BCUT2D eigenvalue weighted by Crippen LogP contribution is -2.39. The molecule has 1 aliphatic heterocycles. The summed E-state index contributed by atoms with van der Waals surface area (Å²) in [6, 6.07) is 4.22. The van der Waals surface area contributed by atoms with E-state index < -0.39 is 0 Å². The summed E-state index contributed by atoms with van der Waals surface area (Å²) in [5.41, 5.74) is 2.44. The maximum absolute atomic E-state index is 4.38. The van der Waals surface area contributed by atoms with E-state index in [0.717, 1.165) is 31.9 Å². The monoisotopic (exact) mass is 219 g/mol. The van der Waals surface area contributed by atoms with Crippen LogP contribution in [-0.2, 0) is 0 Å². The lowest BCUT2D eigenvalue weighted by Gasteiger charge is -2.31. The van der Waals surface area contributed by atoms with E-state index in [0.29, 0.717) is 5.92 Å². The number of aryl methyl sites for hydroxylation is 1. The molecule has 1 aliphatic rings. The molecule has 88 valence electrons. The third kappa shape index (κ3) is 2.73. The van der Waals surface area contributed by atoms with Gasteiger partial charge >= 0.3 is 0 Å². The van der Waals surface area contributed by atoms with Gasteiger partial charge in [-0.2, -0.15) is 0 Å². The van der Waals surface area contributed by atoms with Crippen LogP contribution < -0.4 is 10.2 Å². The molecule has 0 aliphatic carbocycles. The Morgan fingerprint density at radius 1 is 1.50 bits per heavy atom. The molecule has 1 N–H and O–H groups in total. The highest BCUT2D eigenvalue weighted by Gasteiger charge is 2.15. The molecule has 0 aromatic carbocycles. The standard InChI is InChI=1S/C13H21N3/c1-11-9-14-6-4-8-16(10-11)13-5-3-7-15-12(13)2/h3,5,7,11,14H,4,6,8-10H2,1-2H3. The van der Waals surface area contributed by atoms with E-state index in [1.54, 1.807) is 0 Å². The number of hydrogen-bond donors (Lipinski definition) is 1. The number of hydrogen-bond acceptors (Lipinski definition) is 3. The Kier molecular flexibility index (Phi) is 3.78. The summed E-state index contributed by atoms with van der Waals surface area (Å²) in [5.74, 6) is 0.694. The largest absolute Gasteiger partial charge is 0.370 e. The molecule has 0 radical (unpaired) electrons. The van der Waals surface area contributed by atoms with Gasteiger partial charge in [-0.15, -0.1) is 0 Å². The molecular weight excluding hydrogens is 198 g/mol. The summed E-state index contributed by atoms with van der Waals surface area (Å²) in [6.45, 7) is 8.90. The Balaban J connectivity index is 2.14. The van der Waals surface area contributed by atoms with Crippen LogP contribution >= 0.6 is 0 Å². The molecule has 1 saturated heterocycles. The molecule has 2 rings (SSSR count). The molecule has 0 bridgehead atoms. The van der Waals surface area contributed by atoms with Gasteiger partial charge in [-0.05, 0) is 44.5 Å². The minimum atomic E-state index is 0.694. The lowest BCUT2D eigenvalue weighted by atomic mass is 10.1. The number of pyridine rings is 1. The first kappa shape index (κ1) is 11.4. The Morgan fingerprint density at radius 2 is 2.38 bits per heavy atom. The molecule has 1 unspecified atom stereocenters. The molecule has 1 atom stereocenters. The minimum Gasteiger partial charge on any atom is -0.370 e. The van der Waals surface area contributed by atoms with Gasteiger partial charge in [0.05, 0.1) is 11.4 Å². The second-order valence-corrected chi connectivity index (χ2v) is 4.72. The SMILES string of the molecule is Cc1ncccc1N1CCCNCC(C)C1. The zero-order valence-electron chi connectivity index (χ0n) is 10.2. The minimum absolute atomic E-state index is 0.694. The molecule has 0 saturated carbocycles. The van der Waals surface area contributed by atoms with Crippen LogP contribution in [0.5, 0.6) is 0 Å². The summed E-state index contributed by atoms with van der Waals surface area (Å²) in [5, 5.41) is 3.48. The Labute approximate surface area is 97.9 Å². The maximum Gasteiger partial charge on any atom is 0.0605 e. The van der Waals surface area contributed by atoms with Gasteiger partial charge in [-0.1, -0.05) is 6.92 Å². The van der Waals surface area contributed by atoms with Crippen LogP contribution in [0.3, 0.4) is 0 Å². The number of aromatic nitrogens is 1. The molecule has 2 heterocycles. The summed E-state index contributed by atoms with van der Waals surface area (Å²) < 4.78 is 0. The van der Waals surface area contributed by atoms with Crippen LogP contribution in [0.2, 0.25) is 0 Å². The predicted octanol–water partition coefficient (Wildman–Crippen LogP) is 1.83. The van der Waals surface area contributed by atoms with E-state index in [9.17, 15) is 0 Å². The van der Waals surface area contributed by atoms with Crippen LogP contribution in [0, 0.1) is 12.8 Å². The topological polar surface area (TPSA) is 28.2 Å². The van der Waals surface area contributed by atoms with Gasteiger partial charge in [0.1, 0.15) is 0 Å². The Hall–Kier alpha value is -1.09. The molecule has 0 amide bonds. The van der Waals surface area contributed by atoms with Gasteiger partial charge in [0, 0.05) is 19.3 Å². The first-order chi connectivity index (χ1) is 7.77. The van der Waals surface area contributed by atoms with E-state index in [4.69, 9.17) is 0 Å². The highest BCUT2D eigenvalue weighted by atomic mass is 15.1. The number of rotatable bonds is 1. The van der Waals surface area contributed by atoms with E-state index in [1.807, 2.05) is 12.3 Å². The zero-order chi connectivity index (χ0) is 11.4. The fraction of sp³-hybridized carbons (Fsp3) is 0.615. The van der Waals surface area contributed by atoms with E-state index in [-0.39, 0.29) is 0 Å². The summed E-state index contributed by atoms with van der Waals surface area (Å²) >= 11 is 0. The quantitative estimate of drug-likeness (QED) is 0.781. The third-order valence-electron chi connectivity index (χ3n) is 3.13. The fourth-order valence-electron chi connectivity index (χ4n) is 2.30. The maximum atomic E-state index is 4.38. The van der Waals surface area contributed by atoms with E-state index in [2.05, 4.69) is 35.1 Å². The highest BCUT2D eigenvalue weighted by molar-refractivity contribution is 5.49. The van der Waals surface area contributed by atoms with E-state index in [1.165, 1.54) is 12.1 Å². The van der Waals surface area contributed by atoms with E-state index >= 15 is 0 Å². The smallest absolute Gasteiger partial charge is 0.0605 e. The van der Waals surface area contributed by atoms with Crippen molar-refractivity contribution in [2.75, 3.05) is 31.1 Å². The zero-order valence-corrected chi connectivity index (χ0v) is 10.2. The first-order valence-electron chi connectivity index (χ1n) is 6.14. The molecule has 1 aromatic heterocycles. The van der Waals surface area contributed by atoms with Gasteiger partial charge in [0.25, 0.3) is 0 Å².